The van der Waals surface area contributed by atoms with Crippen LogP contribution in [0.2, 0.25) is 0 Å². The van der Waals surface area contributed by atoms with Gasteiger partial charge in [-0.2, -0.15) is 0 Å². The van der Waals surface area contributed by atoms with Gasteiger partial charge in [-0.05, 0) is 61.6 Å². The number of benzene rings is 2. The first-order valence-electron chi connectivity index (χ1n) is 21.7. The number of aromatic hydroxyl groups is 1. The smallest absolute Gasteiger partial charge is 0.234 e. The monoisotopic (exact) mass is 860 g/mol. The molecule has 5 N–H and O–H groups in total. The van der Waals surface area contributed by atoms with Crippen LogP contribution in [-0.2, 0) is 4.79 Å². The van der Waals surface area contributed by atoms with Gasteiger partial charge in [-0.15, -0.1) is 21.5 Å². The van der Waals surface area contributed by atoms with Gasteiger partial charge in [0.15, 0.2) is 17.2 Å². The van der Waals surface area contributed by atoms with E-state index in [-0.39, 0.29) is 36.6 Å². The molecular weight excluding hydrogens is 805 g/mol. The Balaban J connectivity index is 0.752. The number of amides is 1. The number of hydrogen-bond acceptors (Lipinski definition) is 14. The van der Waals surface area contributed by atoms with Gasteiger partial charge in [0.1, 0.15) is 17.9 Å². The highest BCUT2D eigenvalue weighted by Crippen LogP contribution is 2.35. The lowest BCUT2D eigenvalue weighted by atomic mass is 9.91. The van der Waals surface area contributed by atoms with E-state index in [4.69, 9.17) is 4.52 Å². The molecular formula is C46H56N10O5S. The number of para-hydroxylation sites is 1. The van der Waals surface area contributed by atoms with Crippen molar-refractivity contribution in [3.8, 4) is 27.4 Å². The number of carbonyl (C=O) groups excluding carboxylic acids is 1. The number of piperazine rings is 1. The van der Waals surface area contributed by atoms with E-state index in [2.05, 4.69) is 63.5 Å². The minimum atomic E-state index is -1.05. The van der Waals surface area contributed by atoms with Crippen LogP contribution < -0.4 is 10.2 Å². The lowest BCUT2D eigenvalue weighted by Crippen LogP contribution is -2.52. The van der Waals surface area contributed by atoms with Crippen molar-refractivity contribution in [1.82, 2.24) is 45.3 Å². The molecule has 1 amide bonds. The molecule has 0 bridgehead atoms. The van der Waals surface area contributed by atoms with Gasteiger partial charge in [-0.3, -0.25) is 15.0 Å². The number of carbonyl (C=O) groups is 1. The van der Waals surface area contributed by atoms with Crippen molar-refractivity contribution in [2.45, 2.75) is 70.4 Å². The number of aromatic amines is 1. The first kappa shape index (κ1) is 42.1. The highest BCUT2D eigenvalue weighted by molar-refractivity contribution is 7.13. The number of fused-ring (bicyclic) bond motifs is 1. The topological polar surface area (TPSA) is 183 Å². The van der Waals surface area contributed by atoms with Crippen LogP contribution in [0.15, 0.2) is 76.8 Å². The molecule has 62 heavy (non-hydrogen) atoms. The highest BCUT2D eigenvalue weighted by Gasteiger charge is 2.43. The third-order valence-electron chi connectivity index (χ3n) is 13.0. The van der Waals surface area contributed by atoms with Crippen molar-refractivity contribution in [2.24, 2.45) is 5.92 Å². The molecule has 4 aromatic heterocycles. The van der Waals surface area contributed by atoms with Crippen LogP contribution in [0, 0.1) is 12.8 Å². The predicted molar refractivity (Wildman–Crippen MR) is 239 cm³/mol. The number of anilines is 1. The van der Waals surface area contributed by atoms with E-state index >= 15 is 0 Å². The van der Waals surface area contributed by atoms with Gasteiger partial charge >= 0.3 is 0 Å². The van der Waals surface area contributed by atoms with Crippen LogP contribution in [-0.4, -0.2) is 139 Å². The minimum absolute atomic E-state index is 0.1000. The molecule has 3 aliphatic rings. The molecule has 9 rings (SSSR count). The first-order valence-corrected chi connectivity index (χ1v) is 22.6. The number of nitrogens with zero attached hydrogens (tertiary/aromatic N) is 8. The highest BCUT2D eigenvalue weighted by atomic mass is 32.1. The summed E-state index contributed by atoms with van der Waals surface area (Å²) in [6.45, 7) is 15.5. The number of aliphatic hydroxyl groups is 2. The third kappa shape index (κ3) is 8.72. The Morgan fingerprint density at radius 2 is 1.73 bits per heavy atom. The van der Waals surface area contributed by atoms with Gasteiger partial charge < -0.3 is 39.5 Å². The van der Waals surface area contributed by atoms with Gasteiger partial charge in [-0.1, -0.05) is 55.4 Å². The van der Waals surface area contributed by atoms with Crippen molar-refractivity contribution in [2.75, 3.05) is 63.8 Å². The van der Waals surface area contributed by atoms with E-state index in [1.807, 2.05) is 69.6 Å². The molecule has 3 fully saturated rings. The Morgan fingerprint density at radius 1 is 0.968 bits per heavy atom. The number of aryl methyl sites for hydroxylation is 1. The number of phenolic OH excluding ortho intramolecular Hbond substituents is 1. The van der Waals surface area contributed by atoms with Crippen LogP contribution in [0.5, 0.6) is 5.75 Å². The summed E-state index contributed by atoms with van der Waals surface area (Å²) in [6.07, 6.45) is -1.52. The second-order valence-corrected chi connectivity index (χ2v) is 18.4. The molecule has 0 aliphatic carbocycles. The molecule has 2 aromatic carbocycles. The fourth-order valence-corrected chi connectivity index (χ4v) is 10.1. The predicted octanol–water partition coefficient (Wildman–Crippen LogP) is 5.34. The number of H-pyrrole nitrogens is 1. The Hall–Kier alpha value is -5.23. The standard InChI is InChI=1S/C46H56N10O5S/c1-27(2)42(46(60)56-25-34(57)21-38(56)45(59)48-28(3)30-9-11-31(12-10-30)43-29(4)47-26-62-43)40-22-41(52-61-40)55-17-15-53(16-18-55)13-14-54-23-33(24-54)36-19-32-20-37(50-51-44(32)49-36)35-7-5-6-8-39(35)58/h5-12,19-20,22,26-28,33-34,38,42,45,48,57-59H,13-18,21,23-25H2,1-4H3,(H,49,51)/t28-,34+,38-,42+,45?/m0/s1. The van der Waals surface area contributed by atoms with E-state index in [1.54, 1.807) is 28.4 Å². The number of aromatic nitrogens is 5. The summed E-state index contributed by atoms with van der Waals surface area (Å²) in [4.78, 5) is 32.1. The van der Waals surface area contributed by atoms with Gasteiger partial charge in [0.2, 0.25) is 5.91 Å². The van der Waals surface area contributed by atoms with E-state index < -0.39 is 24.3 Å². The Kier molecular flexibility index (Phi) is 12.1. The number of hydrogen-bond donors (Lipinski definition) is 5. The largest absolute Gasteiger partial charge is 0.507 e. The second-order valence-electron chi connectivity index (χ2n) is 17.5. The van der Waals surface area contributed by atoms with Gasteiger partial charge in [0, 0.05) is 93.6 Å². The van der Waals surface area contributed by atoms with Crippen LogP contribution in [0.3, 0.4) is 0 Å². The summed E-state index contributed by atoms with van der Waals surface area (Å²) < 4.78 is 5.91. The molecule has 0 spiro atoms. The average molecular weight is 861 g/mol. The van der Waals surface area contributed by atoms with Crippen molar-refractivity contribution in [3.63, 3.8) is 0 Å². The maximum atomic E-state index is 14.3. The number of β-amino-alcohol motifs (C(OH)–C–C–N with tert-alkyl or cyclic N) is 1. The molecule has 3 aliphatic heterocycles. The fraction of sp³-hybridized carbons (Fsp3) is 0.457. The summed E-state index contributed by atoms with van der Waals surface area (Å²) in [5.74, 6) is 0.935. The molecule has 1 unspecified atom stereocenters. The molecule has 326 valence electrons. The molecule has 15 nitrogen and oxygen atoms in total. The van der Waals surface area contributed by atoms with Gasteiger partial charge in [-0.25, -0.2) is 4.98 Å². The summed E-state index contributed by atoms with van der Waals surface area (Å²) in [5.41, 5.74) is 8.21. The number of nitrogens with one attached hydrogen (secondary N) is 2. The summed E-state index contributed by atoms with van der Waals surface area (Å²) >= 11 is 1.61. The van der Waals surface area contributed by atoms with Gasteiger partial charge in [0.05, 0.1) is 33.9 Å². The zero-order chi connectivity index (χ0) is 43.1. The lowest BCUT2D eigenvalue weighted by Gasteiger charge is -2.41. The number of likely N-dealkylation sites (tertiary alicyclic amines) is 2. The number of aliphatic hydroxyl groups excluding tert-OH is 2. The number of phenols is 1. The van der Waals surface area contributed by atoms with Crippen molar-refractivity contribution >= 4 is 34.1 Å². The van der Waals surface area contributed by atoms with Crippen molar-refractivity contribution in [1.29, 1.82) is 0 Å². The van der Waals surface area contributed by atoms with Crippen LogP contribution in [0.4, 0.5) is 5.82 Å². The Morgan fingerprint density at radius 3 is 2.45 bits per heavy atom. The fourth-order valence-electron chi connectivity index (χ4n) is 9.28. The van der Waals surface area contributed by atoms with Crippen molar-refractivity contribution in [3.05, 3.63) is 95.0 Å². The van der Waals surface area contributed by atoms with E-state index in [9.17, 15) is 20.1 Å². The first-order chi connectivity index (χ1) is 30.0. The third-order valence-corrected chi connectivity index (χ3v) is 13.9. The van der Waals surface area contributed by atoms with E-state index in [0.29, 0.717) is 22.9 Å². The molecule has 3 saturated heterocycles. The van der Waals surface area contributed by atoms with Crippen LogP contribution in [0.1, 0.15) is 67.8 Å². The number of thiazole rings is 1. The normalized spacial score (nSPS) is 20.6. The SMILES string of the molecule is Cc1ncsc1-c1ccc([C@H](C)NC(O)[C@@H]2C[C@@H](O)CN2C(=O)[C@@H](c2cc(N3CCN(CCN4CC(c5cc6cc(-c7ccccc7O)nnc6[nH]5)C4)CC3)no2)C(C)C)cc1. The molecule has 5 atom stereocenters. The summed E-state index contributed by atoms with van der Waals surface area (Å²) in [7, 11) is 0. The Labute approximate surface area is 365 Å². The lowest BCUT2D eigenvalue weighted by molar-refractivity contribution is -0.138. The van der Waals surface area contributed by atoms with Crippen molar-refractivity contribution < 1.29 is 24.6 Å². The number of rotatable bonds is 14. The molecule has 0 saturated carbocycles. The average Bonchev–Trinajstić information content (AvgIpc) is 4.07. The molecule has 0 radical (unpaired) electrons. The molecule has 16 heteroatoms. The minimum Gasteiger partial charge on any atom is -0.507 e. The second kappa shape index (κ2) is 17.9. The van der Waals surface area contributed by atoms with Gasteiger partial charge in [0.25, 0.3) is 0 Å². The Bertz CT molecular complexity index is 2470. The molecule has 6 aromatic rings. The quantitative estimate of drug-likeness (QED) is 0.0886. The van der Waals surface area contributed by atoms with Crippen LogP contribution in [0.25, 0.3) is 32.7 Å². The zero-order valence-electron chi connectivity index (χ0n) is 35.7. The molecule has 7 heterocycles. The maximum absolute atomic E-state index is 14.3. The van der Waals surface area contributed by atoms with Crippen LogP contribution >= 0.6 is 11.3 Å². The summed E-state index contributed by atoms with van der Waals surface area (Å²) in [5, 5.41) is 50.0. The van der Waals surface area contributed by atoms with E-state index in [1.165, 1.54) is 5.69 Å². The zero-order valence-corrected chi connectivity index (χ0v) is 36.5. The van der Waals surface area contributed by atoms with E-state index in [0.717, 1.165) is 90.9 Å². The maximum Gasteiger partial charge on any atom is 0.234 e. The summed E-state index contributed by atoms with van der Waals surface area (Å²) in [6, 6.07) is 20.6.